The summed E-state index contributed by atoms with van der Waals surface area (Å²) in [6.45, 7) is 0.745. The minimum atomic E-state index is 0.600. The van der Waals surface area contributed by atoms with Crippen molar-refractivity contribution in [2.24, 2.45) is 0 Å². The van der Waals surface area contributed by atoms with E-state index in [-0.39, 0.29) is 0 Å². The van der Waals surface area contributed by atoms with Crippen molar-refractivity contribution in [3.8, 4) is 0 Å². The maximum atomic E-state index is 4.33. The Balaban J connectivity index is 2.07. The largest absolute Gasteiger partial charge is 0.364 e. The second-order valence-electron chi connectivity index (χ2n) is 3.20. The van der Waals surface area contributed by atoms with Gasteiger partial charge in [-0.2, -0.15) is 4.98 Å². The van der Waals surface area contributed by atoms with Crippen LogP contribution in [0, 0.1) is 0 Å². The van der Waals surface area contributed by atoms with Crippen LogP contribution in [0.5, 0.6) is 0 Å². The van der Waals surface area contributed by atoms with Gasteiger partial charge in [-0.25, -0.2) is 4.98 Å². The number of thiophene rings is 1. The molecule has 0 aliphatic rings. The first-order valence-electron chi connectivity index (χ1n) is 4.87. The van der Waals surface area contributed by atoms with Gasteiger partial charge in [-0.1, -0.05) is 0 Å². The number of aromatic nitrogens is 2. The number of halogens is 2. The van der Waals surface area contributed by atoms with Gasteiger partial charge < -0.3 is 10.6 Å². The molecule has 2 N–H and O–H groups in total. The Morgan fingerprint density at radius 3 is 2.82 bits per heavy atom. The van der Waals surface area contributed by atoms with E-state index in [2.05, 4.69) is 58.5 Å². The van der Waals surface area contributed by atoms with Gasteiger partial charge in [-0.3, -0.25) is 0 Å². The maximum absolute atomic E-state index is 4.33. The summed E-state index contributed by atoms with van der Waals surface area (Å²) in [4.78, 5) is 9.67. The van der Waals surface area contributed by atoms with Gasteiger partial charge in [0.2, 0.25) is 5.95 Å². The minimum absolute atomic E-state index is 0.600. The molecule has 17 heavy (non-hydrogen) atoms. The Morgan fingerprint density at radius 2 is 2.18 bits per heavy atom. The SMILES string of the molecule is CNc1ncc(Br)c(NCc2ccc(Br)s2)n1. The first-order valence-corrected chi connectivity index (χ1v) is 7.27. The summed E-state index contributed by atoms with van der Waals surface area (Å²) >= 11 is 8.56. The summed E-state index contributed by atoms with van der Waals surface area (Å²) in [7, 11) is 1.80. The molecule has 2 aromatic heterocycles. The molecule has 2 rings (SSSR count). The first-order chi connectivity index (χ1) is 8.19. The summed E-state index contributed by atoms with van der Waals surface area (Å²) in [6, 6.07) is 4.12. The highest BCUT2D eigenvalue weighted by atomic mass is 79.9. The average molecular weight is 378 g/mol. The molecule has 0 amide bonds. The van der Waals surface area contributed by atoms with Crippen LogP contribution in [-0.2, 0) is 6.54 Å². The van der Waals surface area contributed by atoms with Crippen LogP contribution in [0.4, 0.5) is 11.8 Å². The van der Waals surface area contributed by atoms with E-state index in [0.717, 1.165) is 20.6 Å². The van der Waals surface area contributed by atoms with Crippen LogP contribution >= 0.6 is 43.2 Å². The van der Waals surface area contributed by atoms with Crippen molar-refractivity contribution < 1.29 is 0 Å². The minimum Gasteiger partial charge on any atom is -0.364 e. The van der Waals surface area contributed by atoms with Crippen LogP contribution < -0.4 is 10.6 Å². The smallest absolute Gasteiger partial charge is 0.224 e. The molecule has 0 saturated carbocycles. The molecule has 0 unspecified atom stereocenters. The Kier molecular flexibility index (Phi) is 4.36. The molecule has 0 saturated heterocycles. The average Bonchev–Trinajstić information content (AvgIpc) is 2.74. The summed E-state index contributed by atoms with van der Waals surface area (Å²) in [5.74, 6) is 1.39. The van der Waals surface area contributed by atoms with E-state index in [1.54, 1.807) is 24.6 Å². The van der Waals surface area contributed by atoms with Crippen molar-refractivity contribution in [2.45, 2.75) is 6.54 Å². The lowest BCUT2D eigenvalue weighted by Crippen LogP contribution is -2.04. The molecule has 0 fully saturated rings. The molecular weight excluding hydrogens is 368 g/mol. The van der Waals surface area contributed by atoms with Crippen molar-refractivity contribution in [2.75, 3.05) is 17.7 Å². The fraction of sp³-hybridized carbons (Fsp3) is 0.200. The Bertz CT molecular complexity index is 515. The van der Waals surface area contributed by atoms with Crippen LogP contribution in [0.1, 0.15) is 4.88 Å². The second kappa shape index (κ2) is 5.79. The zero-order chi connectivity index (χ0) is 12.3. The first kappa shape index (κ1) is 12.8. The van der Waals surface area contributed by atoms with Crippen molar-refractivity contribution in [1.82, 2.24) is 9.97 Å². The van der Waals surface area contributed by atoms with E-state index in [1.165, 1.54) is 4.88 Å². The van der Waals surface area contributed by atoms with Gasteiger partial charge >= 0.3 is 0 Å². The maximum Gasteiger partial charge on any atom is 0.224 e. The number of hydrogen-bond donors (Lipinski definition) is 2. The van der Waals surface area contributed by atoms with Gasteiger partial charge in [-0.15, -0.1) is 11.3 Å². The van der Waals surface area contributed by atoms with Gasteiger partial charge in [0.15, 0.2) is 0 Å². The highest BCUT2D eigenvalue weighted by Gasteiger charge is 2.04. The predicted octanol–water partition coefficient (Wildman–Crippen LogP) is 3.72. The van der Waals surface area contributed by atoms with E-state index in [0.29, 0.717) is 5.95 Å². The molecule has 0 bridgehead atoms. The number of hydrogen-bond acceptors (Lipinski definition) is 5. The van der Waals surface area contributed by atoms with Gasteiger partial charge in [0, 0.05) is 18.1 Å². The Morgan fingerprint density at radius 1 is 1.35 bits per heavy atom. The molecular formula is C10H10Br2N4S. The van der Waals surface area contributed by atoms with Gasteiger partial charge in [0.1, 0.15) is 5.82 Å². The fourth-order valence-corrected chi connectivity index (χ4v) is 2.98. The van der Waals surface area contributed by atoms with E-state index in [4.69, 9.17) is 0 Å². The van der Waals surface area contributed by atoms with Crippen LogP contribution in [0.3, 0.4) is 0 Å². The quantitative estimate of drug-likeness (QED) is 0.852. The van der Waals surface area contributed by atoms with Gasteiger partial charge in [0.05, 0.1) is 14.8 Å². The number of anilines is 2. The molecule has 0 atom stereocenters. The summed E-state index contributed by atoms with van der Waals surface area (Å²) < 4.78 is 1.99. The molecule has 90 valence electrons. The molecule has 2 aromatic rings. The zero-order valence-electron chi connectivity index (χ0n) is 9.00. The molecule has 0 aliphatic carbocycles. The lowest BCUT2D eigenvalue weighted by molar-refractivity contribution is 1.08. The van der Waals surface area contributed by atoms with Crippen LogP contribution in [0.25, 0.3) is 0 Å². The third kappa shape index (κ3) is 3.40. The number of rotatable bonds is 4. The molecule has 7 heteroatoms. The Hall–Kier alpha value is -0.660. The lowest BCUT2D eigenvalue weighted by Gasteiger charge is -2.07. The van der Waals surface area contributed by atoms with E-state index < -0.39 is 0 Å². The lowest BCUT2D eigenvalue weighted by atomic mass is 10.4. The van der Waals surface area contributed by atoms with Crippen LogP contribution in [0.15, 0.2) is 26.6 Å². The van der Waals surface area contributed by atoms with Crippen molar-refractivity contribution in [1.29, 1.82) is 0 Å². The van der Waals surface area contributed by atoms with E-state index in [9.17, 15) is 0 Å². The topological polar surface area (TPSA) is 49.8 Å². The summed E-state index contributed by atoms with van der Waals surface area (Å²) in [5.41, 5.74) is 0. The third-order valence-electron chi connectivity index (χ3n) is 2.03. The van der Waals surface area contributed by atoms with Gasteiger partial charge in [-0.05, 0) is 44.0 Å². The van der Waals surface area contributed by atoms with E-state index >= 15 is 0 Å². The van der Waals surface area contributed by atoms with Gasteiger partial charge in [0.25, 0.3) is 0 Å². The molecule has 0 spiro atoms. The third-order valence-corrected chi connectivity index (χ3v) is 4.23. The highest BCUT2D eigenvalue weighted by molar-refractivity contribution is 9.11. The van der Waals surface area contributed by atoms with Crippen molar-refractivity contribution in [3.05, 3.63) is 31.5 Å². The predicted molar refractivity (Wildman–Crippen MR) is 78.6 cm³/mol. The van der Waals surface area contributed by atoms with Crippen LogP contribution in [0.2, 0.25) is 0 Å². The van der Waals surface area contributed by atoms with Crippen molar-refractivity contribution in [3.63, 3.8) is 0 Å². The Labute approximate surface area is 120 Å². The number of nitrogens with zero attached hydrogens (tertiary/aromatic N) is 2. The normalized spacial score (nSPS) is 10.3. The highest BCUT2D eigenvalue weighted by Crippen LogP contribution is 2.24. The molecule has 4 nitrogen and oxygen atoms in total. The summed E-state index contributed by atoms with van der Waals surface area (Å²) in [5, 5.41) is 6.18. The number of nitrogens with one attached hydrogen (secondary N) is 2. The molecule has 0 aliphatic heterocycles. The molecule has 2 heterocycles. The molecule has 0 aromatic carbocycles. The van der Waals surface area contributed by atoms with Crippen LogP contribution in [-0.4, -0.2) is 17.0 Å². The fourth-order valence-electron chi connectivity index (χ4n) is 1.23. The standard InChI is InChI=1S/C10H10Br2N4S/c1-13-10-15-5-7(11)9(16-10)14-4-6-2-3-8(12)17-6/h2-3,5H,4H2,1H3,(H2,13,14,15,16). The van der Waals surface area contributed by atoms with Crippen molar-refractivity contribution >= 4 is 55.0 Å². The zero-order valence-corrected chi connectivity index (χ0v) is 13.0. The monoisotopic (exact) mass is 376 g/mol. The second-order valence-corrected chi connectivity index (χ2v) is 6.60. The molecule has 0 radical (unpaired) electrons. The summed E-state index contributed by atoms with van der Waals surface area (Å²) in [6.07, 6.45) is 1.73. The van der Waals surface area contributed by atoms with E-state index in [1.807, 2.05) is 6.07 Å².